The Morgan fingerprint density at radius 2 is 1.52 bits per heavy atom. The van der Waals surface area contributed by atoms with Gasteiger partial charge in [-0.1, -0.05) is 25.1 Å². The third kappa shape index (κ3) is 3.69. The first-order chi connectivity index (χ1) is 11.1. The third-order valence-electron chi connectivity index (χ3n) is 3.32. The Labute approximate surface area is 134 Å². The fraction of sp³-hybridized carbons (Fsp3) is 0.222. The first-order valence-electron chi connectivity index (χ1n) is 7.17. The van der Waals surface area contributed by atoms with Gasteiger partial charge in [0.15, 0.2) is 17.3 Å². The van der Waals surface area contributed by atoms with E-state index in [4.69, 9.17) is 14.2 Å². The molecule has 5 heteroatoms. The van der Waals surface area contributed by atoms with E-state index in [1.807, 2.05) is 0 Å². The largest absolute Gasteiger partial charge is 0.493 e. The summed E-state index contributed by atoms with van der Waals surface area (Å²) in [7, 11) is 2.95. The highest BCUT2D eigenvalue weighted by Gasteiger charge is 2.19. The summed E-state index contributed by atoms with van der Waals surface area (Å²) < 4.78 is 15.8. The first-order valence-corrected chi connectivity index (χ1v) is 7.17. The zero-order chi connectivity index (χ0) is 16.8. The molecule has 0 unspecified atom stereocenters. The van der Waals surface area contributed by atoms with Gasteiger partial charge in [0.2, 0.25) is 0 Å². The van der Waals surface area contributed by atoms with Crippen molar-refractivity contribution in [3.05, 3.63) is 53.6 Å². The van der Waals surface area contributed by atoms with E-state index in [0.29, 0.717) is 17.1 Å². The summed E-state index contributed by atoms with van der Waals surface area (Å²) in [6.07, 6.45) is 0.283. The second kappa shape index (κ2) is 7.45. The zero-order valence-corrected chi connectivity index (χ0v) is 13.3. The quantitative estimate of drug-likeness (QED) is 0.464. The normalized spacial score (nSPS) is 10.0. The average Bonchev–Trinajstić information content (AvgIpc) is 2.61. The lowest BCUT2D eigenvalue weighted by Gasteiger charge is -2.14. The maximum atomic E-state index is 12.2. The number of ether oxygens (including phenoxy) is 3. The molecular formula is C18H18O5. The summed E-state index contributed by atoms with van der Waals surface area (Å²) in [5.41, 5.74) is 0.687. The van der Waals surface area contributed by atoms with E-state index in [1.54, 1.807) is 37.3 Å². The van der Waals surface area contributed by atoms with Gasteiger partial charge in [0.1, 0.15) is 5.75 Å². The number of Topliss-reactive ketones (excluding diaryl/α,β-unsaturated/α-hetero) is 1. The Kier molecular flexibility index (Phi) is 5.36. The molecule has 2 aromatic rings. The number of benzene rings is 2. The second-order valence-corrected chi connectivity index (χ2v) is 4.74. The van der Waals surface area contributed by atoms with Crippen molar-refractivity contribution in [2.24, 2.45) is 0 Å². The van der Waals surface area contributed by atoms with E-state index in [0.717, 1.165) is 0 Å². The summed E-state index contributed by atoms with van der Waals surface area (Å²) >= 11 is 0. The molecule has 2 rings (SSSR count). The standard InChI is InChI=1S/C18H18O5/c1-4-14(19)13-10-16(21-2)17(22-3)11-15(13)23-18(20)12-8-6-5-7-9-12/h5-11H,4H2,1-3H3. The van der Waals surface area contributed by atoms with Crippen molar-refractivity contribution in [1.82, 2.24) is 0 Å². The van der Waals surface area contributed by atoms with E-state index in [1.165, 1.54) is 26.4 Å². The van der Waals surface area contributed by atoms with Gasteiger partial charge >= 0.3 is 5.97 Å². The van der Waals surface area contributed by atoms with Crippen molar-refractivity contribution in [1.29, 1.82) is 0 Å². The van der Waals surface area contributed by atoms with Gasteiger partial charge in [0.05, 0.1) is 25.3 Å². The van der Waals surface area contributed by atoms with E-state index in [-0.39, 0.29) is 23.5 Å². The Morgan fingerprint density at radius 1 is 0.913 bits per heavy atom. The Balaban J connectivity index is 2.43. The van der Waals surface area contributed by atoms with Crippen LogP contribution in [0.25, 0.3) is 0 Å². The number of methoxy groups -OCH3 is 2. The van der Waals surface area contributed by atoms with Crippen molar-refractivity contribution < 1.29 is 23.8 Å². The molecule has 0 N–H and O–H groups in total. The van der Waals surface area contributed by atoms with Gasteiger partial charge in [0, 0.05) is 12.5 Å². The van der Waals surface area contributed by atoms with Gasteiger partial charge < -0.3 is 14.2 Å². The zero-order valence-electron chi connectivity index (χ0n) is 13.3. The molecular weight excluding hydrogens is 296 g/mol. The van der Waals surface area contributed by atoms with E-state index in [9.17, 15) is 9.59 Å². The number of hydrogen-bond acceptors (Lipinski definition) is 5. The van der Waals surface area contributed by atoms with Gasteiger partial charge in [-0.15, -0.1) is 0 Å². The monoisotopic (exact) mass is 314 g/mol. The van der Waals surface area contributed by atoms with E-state index >= 15 is 0 Å². The minimum absolute atomic E-state index is 0.151. The number of ketones is 1. The van der Waals surface area contributed by atoms with Crippen LogP contribution < -0.4 is 14.2 Å². The molecule has 0 spiro atoms. The highest BCUT2D eigenvalue weighted by atomic mass is 16.5. The number of carbonyl (C=O) groups excluding carboxylic acids is 2. The molecule has 0 fully saturated rings. The molecule has 0 bridgehead atoms. The maximum absolute atomic E-state index is 12.2. The van der Waals surface area contributed by atoms with Crippen LogP contribution in [0.3, 0.4) is 0 Å². The lowest BCUT2D eigenvalue weighted by Crippen LogP contribution is -2.12. The molecule has 0 heterocycles. The van der Waals surface area contributed by atoms with Crippen LogP contribution in [0.1, 0.15) is 34.1 Å². The van der Waals surface area contributed by atoms with Gasteiger partial charge in [-0.05, 0) is 18.2 Å². The summed E-state index contributed by atoms with van der Waals surface area (Å²) in [5, 5.41) is 0. The molecule has 0 aliphatic carbocycles. The Morgan fingerprint density at radius 3 is 2.09 bits per heavy atom. The lowest BCUT2D eigenvalue weighted by molar-refractivity contribution is 0.0732. The molecule has 0 radical (unpaired) electrons. The summed E-state index contributed by atoms with van der Waals surface area (Å²) in [6, 6.07) is 11.6. The molecule has 23 heavy (non-hydrogen) atoms. The fourth-order valence-electron chi connectivity index (χ4n) is 2.09. The van der Waals surface area contributed by atoms with E-state index < -0.39 is 5.97 Å². The topological polar surface area (TPSA) is 61.8 Å². The average molecular weight is 314 g/mol. The molecule has 0 aliphatic rings. The number of rotatable bonds is 6. The first kappa shape index (κ1) is 16.5. The summed E-state index contributed by atoms with van der Waals surface area (Å²) in [6.45, 7) is 1.74. The molecule has 0 aliphatic heterocycles. The Hall–Kier alpha value is -2.82. The van der Waals surface area contributed by atoms with Crippen LogP contribution in [0.15, 0.2) is 42.5 Å². The van der Waals surface area contributed by atoms with E-state index in [2.05, 4.69) is 0 Å². The highest BCUT2D eigenvalue weighted by Crippen LogP contribution is 2.35. The molecule has 0 saturated heterocycles. The number of esters is 1. The summed E-state index contributed by atoms with van der Waals surface area (Å²) in [5.74, 6) is 0.257. The van der Waals surface area contributed by atoms with Crippen molar-refractivity contribution in [2.45, 2.75) is 13.3 Å². The number of carbonyl (C=O) groups is 2. The minimum Gasteiger partial charge on any atom is -0.493 e. The maximum Gasteiger partial charge on any atom is 0.343 e. The van der Waals surface area contributed by atoms with Crippen molar-refractivity contribution in [3.63, 3.8) is 0 Å². The van der Waals surface area contributed by atoms with Crippen LogP contribution >= 0.6 is 0 Å². The van der Waals surface area contributed by atoms with Crippen molar-refractivity contribution >= 4 is 11.8 Å². The van der Waals surface area contributed by atoms with Crippen LogP contribution in [-0.2, 0) is 0 Å². The van der Waals surface area contributed by atoms with Crippen molar-refractivity contribution in [3.8, 4) is 17.2 Å². The van der Waals surface area contributed by atoms with Gasteiger partial charge in [0.25, 0.3) is 0 Å². The predicted octanol–water partition coefficient (Wildman–Crippen LogP) is 3.52. The highest BCUT2D eigenvalue weighted by molar-refractivity contribution is 6.01. The second-order valence-electron chi connectivity index (χ2n) is 4.74. The van der Waals surface area contributed by atoms with Crippen LogP contribution in [0.4, 0.5) is 0 Å². The molecule has 0 atom stereocenters. The SMILES string of the molecule is CCC(=O)c1cc(OC)c(OC)cc1OC(=O)c1ccccc1. The summed E-state index contributed by atoms with van der Waals surface area (Å²) in [4.78, 5) is 24.4. The van der Waals surface area contributed by atoms with Crippen LogP contribution in [0, 0.1) is 0 Å². The van der Waals surface area contributed by atoms with Gasteiger partial charge in [-0.2, -0.15) is 0 Å². The van der Waals surface area contributed by atoms with Gasteiger partial charge in [-0.25, -0.2) is 4.79 Å². The third-order valence-corrected chi connectivity index (χ3v) is 3.32. The van der Waals surface area contributed by atoms with Crippen LogP contribution in [0.2, 0.25) is 0 Å². The molecule has 5 nitrogen and oxygen atoms in total. The molecule has 0 aromatic heterocycles. The van der Waals surface area contributed by atoms with Crippen molar-refractivity contribution in [2.75, 3.05) is 14.2 Å². The Bertz CT molecular complexity index is 707. The molecule has 2 aromatic carbocycles. The predicted molar refractivity (Wildman–Crippen MR) is 85.6 cm³/mol. The van der Waals surface area contributed by atoms with Gasteiger partial charge in [-0.3, -0.25) is 4.79 Å². The number of hydrogen-bond donors (Lipinski definition) is 0. The minimum atomic E-state index is -0.539. The molecule has 120 valence electrons. The van der Waals surface area contributed by atoms with Crippen LogP contribution in [-0.4, -0.2) is 26.0 Å². The smallest absolute Gasteiger partial charge is 0.343 e. The molecule has 0 amide bonds. The lowest BCUT2D eigenvalue weighted by atomic mass is 10.1. The molecule has 0 saturated carbocycles. The van der Waals surface area contributed by atoms with Crippen LogP contribution in [0.5, 0.6) is 17.2 Å². The fourth-order valence-corrected chi connectivity index (χ4v) is 2.09.